The molecule has 0 radical (unpaired) electrons. The van der Waals surface area contributed by atoms with E-state index in [9.17, 15) is 5.11 Å². The number of aliphatic hydroxyl groups excluding tert-OH is 1. The second-order valence-corrected chi connectivity index (χ2v) is 5.12. The van der Waals surface area contributed by atoms with Crippen molar-refractivity contribution in [2.45, 2.75) is 32.4 Å². The number of rotatable bonds is 7. The first-order chi connectivity index (χ1) is 7.63. The molecular weight excluding hydrogens is 224 g/mol. The first-order valence-corrected chi connectivity index (χ1v) is 6.28. The van der Waals surface area contributed by atoms with Gasteiger partial charge in [-0.25, -0.2) is 4.98 Å². The lowest BCUT2D eigenvalue weighted by Crippen LogP contribution is -2.25. The number of hydrogen-bond donors (Lipinski definition) is 2. The number of methoxy groups -OCH3 is 1. The van der Waals surface area contributed by atoms with Crippen molar-refractivity contribution in [3.63, 3.8) is 0 Å². The highest BCUT2D eigenvalue weighted by Gasteiger charge is 2.09. The van der Waals surface area contributed by atoms with E-state index in [1.54, 1.807) is 18.4 Å². The van der Waals surface area contributed by atoms with Crippen LogP contribution in [0.5, 0.6) is 0 Å². The minimum atomic E-state index is -0.382. The van der Waals surface area contributed by atoms with Gasteiger partial charge in [0.05, 0.1) is 17.7 Å². The summed E-state index contributed by atoms with van der Waals surface area (Å²) >= 11 is 1.70. The van der Waals surface area contributed by atoms with Crippen molar-refractivity contribution in [3.8, 4) is 0 Å². The molecule has 0 spiro atoms. The number of aromatic nitrogens is 1. The van der Waals surface area contributed by atoms with Gasteiger partial charge in [0.2, 0.25) is 0 Å². The summed E-state index contributed by atoms with van der Waals surface area (Å²) in [6.45, 7) is 5.29. The summed E-state index contributed by atoms with van der Waals surface area (Å²) < 4.78 is 4.86. The number of nitrogens with one attached hydrogen (secondary N) is 1. The minimum absolute atomic E-state index is 0.293. The van der Waals surface area contributed by atoms with Crippen LogP contribution >= 0.6 is 11.3 Å². The van der Waals surface area contributed by atoms with Crippen LogP contribution in [-0.4, -0.2) is 36.5 Å². The van der Waals surface area contributed by atoms with Crippen LogP contribution in [-0.2, 0) is 4.74 Å². The normalized spacial score (nSPS) is 15.0. The zero-order valence-corrected chi connectivity index (χ0v) is 10.9. The van der Waals surface area contributed by atoms with Gasteiger partial charge < -0.3 is 15.2 Å². The summed E-state index contributed by atoms with van der Waals surface area (Å²) in [5.74, 6) is 0. The second kappa shape index (κ2) is 6.96. The molecule has 2 atom stereocenters. The first kappa shape index (κ1) is 13.6. The number of ether oxygens (including phenoxy) is 1. The third kappa shape index (κ3) is 4.57. The van der Waals surface area contributed by atoms with Crippen LogP contribution < -0.4 is 5.32 Å². The summed E-state index contributed by atoms with van der Waals surface area (Å²) in [4.78, 5) is 5.45. The Morgan fingerprint density at radius 1 is 1.62 bits per heavy atom. The smallest absolute Gasteiger partial charge is 0.0897 e. The molecule has 0 aliphatic carbocycles. The Morgan fingerprint density at radius 3 is 2.94 bits per heavy atom. The van der Waals surface area contributed by atoms with Crippen LogP contribution in [0, 0.1) is 6.92 Å². The van der Waals surface area contributed by atoms with E-state index < -0.39 is 0 Å². The van der Waals surface area contributed by atoms with E-state index in [0.29, 0.717) is 19.1 Å². The Labute approximate surface area is 101 Å². The molecule has 5 heteroatoms. The molecule has 0 saturated heterocycles. The molecule has 0 amide bonds. The SMILES string of the molecule is COCC(O)CCNC(C)c1cnc(C)s1. The van der Waals surface area contributed by atoms with E-state index in [-0.39, 0.29) is 6.10 Å². The second-order valence-electron chi connectivity index (χ2n) is 3.86. The van der Waals surface area contributed by atoms with Gasteiger partial charge in [-0.15, -0.1) is 11.3 Å². The van der Waals surface area contributed by atoms with Gasteiger partial charge in [-0.2, -0.15) is 0 Å². The Balaban J connectivity index is 2.22. The number of aliphatic hydroxyl groups is 1. The molecule has 1 aromatic rings. The lowest BCUT2D eigenvalue weighted by atomic mass is 10.2. The van der Waals surface area contributed by atoms with Gasteiger partial charge in [-0.05, 0) is 26.8 Å². The molecule has 1 heterocycles. The van der Waals surface area contributed by atoms with E-state index in [0.717, 1.165) is 11.6 Å². The molecule has 0 saturated carbocycles. The molecule has 2 N–H and O–H groups in total. The number of thiazole rings is 1. The standard InChI is InChI=1S/C11H20N2O2S/c1-8(11-6-13-9(2)16-11)12-5-4-10(14)7-15-3/h6,8,10,12,14H,4-5,7H2,1-3H3. The molecule has 2 unspecified atom stereocenters. The van der Waals surface area contributed by atoms with E-state index in [4.69, 9.17) is 4.74 Å². The van der Waals surface area contributed by atoms with E-state index in [1.807, 2.05) is 13.1 Å². The lowest BCUT2D eigenvalue weighted by Gasteiger charge is -2.13. The number of nitrogens with zero attached hydrogens (tertiary/aromatic N) is 1. The van der Waals surface area contributed by atoms with Crippen LogP contribution in [0.1, 0.15) is 29.3 Å². The van der Waals surface area contributed by atoms with Crippen molar-refractivity contribution < 1.29 is 9.84 Å². The Morgan fingerprint density at radius 2 is 2.38 bits per heavy atom. The van der Waals surface area contributed by atoms with Gasteiger partial charge in [0, 0.05) is 24.2 Å². The monoisotopic (exact) mass is 244 g/mol. The van der Waals surface area contributed by atoms with Crippen LogP contribution in [0.15, 0.2) is 6.20 Å². The van der Waals surface area contributed by atoms with E-state index in [2.05, 4.69) is 17.2 Å². The molecule has 16 heavy (non-hydrogen) atoms. The van der Waals surface area contributed by atoms with Gasteiger partial charge in [-0.1, -0.05) is 0 Å². The largest absolute Gasteiger partial charge is 0.391 e. The summed E-state index contributed by atoms with van der Waals surface area (Å²) in [5.41, 5.74) is 0. The molecule has 4 nitrogen and oxygen atoms in total. The third-order valence-electron chi connectivity index (χ3n) is 2.35. The van der Waals surface area contributed by atoms with Crippen LogP contribution in [0.2, 0.25) is 0 Å². The summed E-state index contributed by atoms with van der Waals surface area (Å²) in [6, 6.07) is 0.293. The number of aryl methyl sites for hydroxylation is 1. The molecule has 0 bridgehead atoms. The van der Waals surface area contributed by atoms with Crippen molar-refractivity contribution in [1.82, 2.24) is 10.3 Å². The average molecular weight is 244 g/mol. The fourth-order valence-corrected chi connectivity index (χ4v) is 2.23. The third-order valence-corrected chi connectivity index (χ3v) is 3.45. The molecule has 0 aromatic carbocycles. The Kier molecular flexibility index (Phi) is 5.90. The maximum absolute atomic E-state index is 9.46. The Bertz CT molecular complexity index is 304. The molecular formula is C11H20N2O2S. The van der Waals surface area contributed by atoms with Crippen molar-refractivity contribution in [2.75, 3.05) is 20.3 Å². The zero-order valence-electron chi connectivity index (χ0n) is 10.1. The fourth-order valence-electron chi connectivity index (χ4n) is 1.42. The van der Waals surface area contributed by atoms with Crippen molar-refractivity contribution in [1.29, 1.82) is 0 Å². The van der Waals surface area contributed by atoms with Gasteiger partial charge in [-0.3, -0.25) is 0 Å². The molecule has 1 aromatic heterocycles. The summed E-state index contributed by atoms with van der Waals surface area (Å²) in [5, 5.41) is 13.9. The highest BCUT2D eigenvalue weighted by Crippen LogP contribution is 2.19. The predicted octanol–water partition coefficient (Wildman–Crippen LogP) is 1.50. The fraction of sp³-hybridized carbons (Fsp3) is 0.727. The molecule has 1 rings (SSSR count). The van der Waals surface area contributed by atoms with E-state index in [1.165, 1.54) is 4.88 Å². The quantitative estimate of drug-likeness (QED) is 0.763. The van der Waals surface area contributed by atoms with Gasteiger partial charge in [0.15, 0.2) is 0 Å². The topological polar surface area (TPSA) is 54.4 Å². The highest BCUT2D eigenvalue weighted by atomic mass is 32.1. The average Bonchev–Trinajstić information content (AvgIpc) is 2.65. The number of hydrogen-bond acceptors (Lipinski definition) is 5. The minimum Gasteiger partial charge on any atom is -0.391 e. The zero-order chi connectivity index (χ0) is 12.0. The molecule has 92 valence electrons. The Hall–Kier alpha value is -0.490. The van der Waals surface area contributed by atoms with Crippen molar-refractivity contribution >= 4 is 11.3 Å². The maximum Gasteiger partial charge on any atom is 0.0897 e. The van der Waals surface area contributed by atoms with Gasteiger partial charge in [0.25, 0.3) is 0 Å². The summed E-state index contributed by atoms with van der Waals surface area (Å²) in [6.07, 6.45) is 2.23. The highest BCUT2D eigenvalue weighted by molar-refractivity contribution is 7.11. The molecule has 0 aliphatic heterocycles. The predicted molar refractivity (Wildman–Crippen MR) is 65.8 cm³/mol. The van der Waals surface area contributed by atoms with Crippen molar-refractivity contribution in [2.24, 2.45) is 0 Å². The van der Waals surface area contributed by atoms with Crippen LogP contribution in [0.4, 0.5) is 0 Å². The van der Waals surface area contributed by atoms with Crippen LogP contribution in [0.3, 0.4) is 0 Å². The molecule has 0 aliphatic rings. The first-order valence-electron chi connectivity index (χ1n) is 5.46. The van der Waals surface area contributed by atoms with Crippen LogP contribution in [0.25, 0.3) is 0 Å². The van der Waals surface area contributed by atoms with Gasteiger partial charge >= 0.3 is 0 Å². The van der Waals surface area contributed by atoms with Gasteiger partial charge in [0.1, 0.15) is 0 Å². The maximum atomic E-state index is 9.46. The molecule has 0 fully saturated rings. The lowest BCUT2D eigenvalue weighted by molar-refractivity contribution is 0.0591. The van der Waals surface area contributed by atoms with E-state index >= 15 is 0 Å². The summed E-state index contributed by atoms with van der Waals surface area (Å²) in [7, 11) is 1.60. The van der Waals surface area contributed by atoms with Crippen molar-refractivity contribution in [3.05, 3.63) is 16.1 Å².